The molecular weight excluding hydrogens is 890 g/mol. The van der Waals surface area contributed by atoms with Gasteiger partial charge in [0.15, 0.2) is 5.78 Å². The number of pyridine rings is 2. The number of aromatic nitrogens is 2. The lowest BCUT2D eigenvalue weighted by Gasteiger charge is -2.33. The molecule has 0 unspecified atom stereocenters. The third-order valence-corrected chi connectivity index (χ3v) is 15.9. The molecule has 1 N–H and O–H groups in total. The highest BCUT2D eigenvalue weighted by Crippen LogP contribution is 2.58. The second-order valence-electron chi connectivity index (χ2n) is 20.1. The molecule has 2 aromatic heterocycles. The normalized spacial score (nSPS) is 27.2. The molecule has 2 aliphatic heterocycles. The molecule has 3 aromatic rings. The van der Waals surface area contributed by atoms with Gasteiger partial charge < -0.3 is 19.1 Å². The Morgan fingerprint density at radius 2 is 1.67 bits per heavy atom. The van der Waals surface area contributed by atoms with Gasteiger partial charge in [0.1, 0.15) is 17.6 Å². The van der Waals surface area contributed by atoms with Gasteiger partial charge in [0, 0.05) is 36.7 Å². The smallest absolute Gasteiger partial charge is 0.427 e. The van der Waals surface area contributed by atoms with Crippen LogP contribution < -0.4 is 14.2 Å². The summed E-state index contributed by atoms with van der Waals surface area (Å²) in [6, 6.07) is 15.0. The van der Waals surface area contributed by atoms with Crippen molar-refractivity contribution in [2.45, 2.75) is 141 Å². The summed E-state index contributed by atoms with van der Waals surface area (Å²) in [7, 11) is -4.06. The number of nitrogens with one attached hydrogen (secondary N) is 1. The first-order valence-electron chi connectivity index (χ1n) is 23.1. The van der Waals surface area contributed by atoms with Crippen LogP contribution in [0.1, 0.15) is 106 Å². The molecule has 67 heavy (non-hydrogen) atoms. The highest BCUT2D eigenvalue weighted by Gasteiger charge is 2.63. The van der Waals surface area contributed by atoms with E-state index >= 15 is 4.79 Å². The fourth-order valence-electron chi connectivity index (χ4n) is 9.18. The number of nitrogens with zero attached hydrogens (tertiary/aromatic N) is 3. The number of halogens is 3. The molecule has 2 aliphatic carbocycles. The Kier molecular flexibility index (Phi) is 14.1. The Balaban J connectivity index is 1.25. The lowest BCUT2D eigenvalue weighted by molar-refractivity contribution is -0.257. The first kappa shape index (κ1) is 49.6. The molecular formula is C50H61F3N4O9S. The van der Waals surface area contributed by atoms with E-state index in [4.69, 9.17) is 19.2 Å². The van der Waals surface area contributed by atoms with Crippen LogP contribution in [-0.2, 0) is 33.9 Å². The lowest BCUT2D eigenvalue weighted by atomic mass is 9.82. The van der Waals surface area contributed by atoms with Crippen LogP contribution in [0.2, 0.25) is 0 Å². The summed E-state index contributed by atoms with van der Waals surface area (Å²) in [5.74, 6) is -4.28. The van der Waals surface area contributed by atoms with Crippen LogP contribution in [0.3, 0.4) is 0 Å². The Labute approximate surface area is 390 Å². The minimum atomic E-state index is -4.88. The average molecular weight is 951 g/mol. The zero-order chi connectivity index (χ0) is 48.7. The third kappa shape index (κ3) is 11.2. The van der Waals surface area contributed by atoms with E-state index in [9.17, 15) is 36.0 Å². The van der Waals surface area contributed by atoms with E-state index in [1.54, 1.807) is 44.3 Å². The number of esters is 1. The largest absolute Gasteiger partial charge is 0.491 e. The van der Waals surface area contributed by atoms with E-state index in [0.29, 0.717) is 60.7 Å². The van der Waals surface area contributed by atoms with Crippen molar-refractivity contribution in [1.82, 2.24) is 19.6 Å². The summed E-state index contributed by atoms with van der Waals surface area (Å²) in [6.45, 7) is 10.5. The van der Waals surface area contributed by atoms with Gasteiger partial charge in [-0.1, -0.05) is 32.1 Å². The maximum atomic E-state index is 15.1. The maximum absolute atomic E-state index is 15.1. The van der Waals surface area contributed by atoms with Crippen molar-refractivity contribution in [3.8, 4) is 34.1 Å². The molecule has 0 spiro atoms. The van der Waals surface area contributed by atoms with Crippen molar-refractivity contribution in [3.05, 3.63) is 72.9 Å². The second-order valence-corrected chi connectivity index (χ2v) is 22.3. The number of hydrogen-bond acceptors (Lipinski definition) is 11. The molecule has 7 atom stereocenters. The highest BCUT2D eigenvalue weighted by atomic mass is 32.2. The number of allylic oxidation sites excluding steroid dienone is 2. The van der Waals surface area contributed by atoms with E-state index < -0.39 is 91.8 Å². The van der Waals surface area contributed by atoms with E-state index in [1.807, 2.05) is 63.3 Å². The van der Waals surface area contributed by atoms with Gasteiger partial charge in [0.05, 0.1) is 58.3 Å². The maximum Gasteiger partial charge on any atom is 0.427 e. The average Bonchev–Trinajstić information content (AvgIpc) is 4.14. The molecule has 17 heteroatoms. The number of rotatable bonds is 12. The van der Waals surface area contributed by atoms with Crippen molar-refractivity contribution >= 4 is 33.6 Å². The Hall–Kier alpha value is -5.32. The van der Waals surface area contributed by atoms with Crippen LogP contribution >= 0.6 is 0 Å². The summed E-state index contributed by atoms with van der Waals surface area (Å²) in [5.41, 5.74) is -1.92. The number of amides is 2. The fourth-order valence-corrected chi connectivity index (χ4v) is 10.5. The minimum Gasteiger partial charge on any atom is -0.491 e. The van der Waals surface area contributed by atoms with E-state index in [-0.39, 0.29) is 37.8 Å². The molecule has 1 saturated heterocycles. The SMILES string of the molecule is CC(C)Oc1ccc(-c2cc(O[C@@H]3C[C@H]4C(=O)C[C@]5(C(=O)NS(=O)(=O)C6(C)CC6)C[C@H]5/C=C\CC[C@@H](C)C[C@@H](C)[C@H](CC(=O)OC(C)(C)C(F)(F)F)C(=O)N4C3)cc(-c3ccccn3)n2)cc1. The number of ether oxygens (including phenoxy) is 3. The van der Waals surface area contributed by atoms with Crippen LogP contribution in [0.5, 0.6) is 11.5 Å². The number of benzene rings is 1. The molecule has 362 valence electrons. The van der Waals surface area contributed by atoms with Gasteiger partial charge in [0.2, 0.25) is 27.4 Å². The molecule has 4 aliphatic rings. The topological polar surface area (TPSA) is 171 Å². The predicted octanol–water partition coefficient (Wildman–Crippen LogP) is 8.81. The monoisotopic (exact) mass is 950 g/mol. The molecule has 4 heterocycles. The van der Waals surface area contributed by atoms with Gasteiger partial charge in [0.25, 0.3) is 0 Å². The molecule has 0 radical (unpaired) electrons. The molecule has 2 amide bonds. The standard InChI is InChI=1S/C50H61F3N4O9S/c1-30(2)64-35-17-15-33(16-18-35)40-23-36(24-41(55-40)39-14-10-11-21-54-39)65-37-25-42-43(58)28-49(46(61)56-67(62,63)48(7)19-20-48)27-34(49)13-9-8-12-31(3)22-32(4)38(45(60)57(42)29-37)26-44(59)66-47(5,6)50(51,52)53/h9-11,13-18,21,23-24,30-32,34,37-38,42H,8,12,19-20,22,25-29H2,1-7H3,(H,56,61)/b13-9-/t31-,32-,34-,37-,38+,42+,49-/m1/s1. The molecule has 3 fully saturated rings. The van der Waals surface area contributed by atoms with Gasteiger partial charge in [-0.25, -0.2) is 13.4 Å². The molecule has 7 rings (SSSR count). The molecule has 0 bridgehead atoms. The zero-order valence-electron chi connectivity index (χ0n) is 39.1. The fraction of sp³-hybridized carbons (Fsp3) is 0.560. The summed E-state index contributed by atoms with van der Waals surface area (Å²) in [4.78, 5) is 68.3. The first-order valence-corrected chi connectivity index (χ1v) is 24.6. The highest BCUT2D eigenvalue weighted by molar-refractivity contribution is 7.91. The van der Waals surface area contributed by atoms with E-state index in [2.05, 4.69) is 9.71 Å². The van der Waals surface area contributed by atoms with Gasteiger partial charge in [-0.05, 0) is 127 Å². The Morgan fingerprint density at radius 1 is 0.970 bits per heavy atom. The third-order valence-electron chi connectivity index (χ3n) is 13.8. The second kappa shape index (κ2) is 19.0. The number of sulfonamides is 1. The van der Waals surface area contributed by atoms with Crippen molar-refractivity contribution < 1.29 is 55.0 Å². The number of hydrogen-bond donors (Lipinski definition) is 1. The van der Waals surface area contributed by atoms with Gasteiger partial charge in [-0.15, -0.1) is 0 Å². The first-order chi connectivity index (χ1) is 31.4. The van der Waals surface area contributed by atoms with E-state index in [1.165, 1.54) is 4.90 Å². The number of Topliss-reactive ketones (excluding diaryl/α,β-unsaturated/α-hetero) is 1. The quantitative estimate of drug-likeness (QED) is 0.136. The van der Waals surface area contributed by atoms with Crippen molar-refractivity contribution in [1.29, 1.82) is 0 Å². The lowest BCUT2D eigenvalue weighted by Crippen LogP contribution is -2.48. The van der Waals surface area contributed by atoms with Crippen LogP contribution in [0, 0.1) is 29.1 Å². The summed E-state index contributed by atoms with van der Waals surface area (Å²) < 4.78 is 87.2. The van der Waals surface area contributed by atoms with Crippen LogP contribution in [0.4, 0.5) is 13.2 Å². The van der Waals surface area contributed by atoms with Gasteiger partial charge >= 0.3 is 12.1 Å². The van der Waals surface area contributed by atoms with Gasteiger partial charge in [-0.2, -0.15) is 13.2 Å². The molecule has 13 nitrogen and oxygen atoms in total. The number of fused-ring (bicyclic) bond motifs is 2. The van der Waals surface area contributed by atoms with Crippen LogP contribution in [-0.4, -0.2) is 88.2 Å². The summed E-state index contributed by atoms with van der Waals surface area (Å²) in [5, 5.41) is 0. The number of carbonyl (C=O) groups excluding carboxylic acids is 4. The van der Waals surface area contributed by atoms with Gasteiger partial charge in [-0.3, -0.25) is 28.9 Å². The summed E-state index contributed by atoms with van der Waals surface area (Å²) in [6.07, 6.45) is 1.23. The van der Waals surface area contributed by atoms with Crippen LogP contribution in [0.25, 0.3) is 22.6 Å². The van der Waals surface area contributed by atoms with Crippen molar-refractivity contribution in [3.63, 3.8) is 0 Å². The predicted molar refractivity (Wildman–Crippen MR) is 244 cm³/mol. The number of alkyl halides is 3. The van der Waals surface area contributed by atoms with Crippen LogP contribution in [0.15, 0.2) is 72.9 Å². The van der Waals surface area contributed by atoms with Crippen molar-refractivity contribution in [2.24, 2.45) is 29.1 Å². The molecule has 1 aromatic carbocycles. The van der Waals surface area contributed by atoms with E-state index in [0.717, 1.165) is 19.4 Å². The van der Waals surface area contributed by atoms with Crippen molar-refractivity contribution in [2.75, 3.05) is 6.54 Å². The summed E-state index contributed by atoms with van der Waals surface area (Å²) >= 11 is 0. The number of ketones is 1. The Bertz CT molecular complexity index is 2480. The molecule has 2 saturated carbocycles. The minimum absolute atomic E-state index is 0.000359. The number of carbonyl (C=O) groups is 4. The Morgan fingerprint density at radius 3 is 2.31 bits per heavy atom. The zero-order valence-corrected chi connectivity index (χ0v) is 39.9.